The van der Waals surface area contributed by atoms with E-state index in [4.69, 9.17) is 14.5 Å². The Morgan fingerprint density at radius 3 is 2.61 bits per heavy atom. The van der Waals surface area contributed by atoms with Crippen LogP contribution < -0.4 is 14.8 Å². The lowest BCUT2D eigenvalue weighted by Crippen LogP contribution is -2.38. The van der Waals surface area contributed by atoms with Crippen molar-refractivity contribution in [1.82, 2.24) is 4.90 Å². The van der Waals surface area contributed by atoms with Crippen molar-refractivity contribution in [3.8, 4) is 11.5 Å². The smallest absolute Gasteiger partial charge is 0.337 e. The number of methoxy groups -OCH3 is 2. The van der Waals surface area contributed by atoms with Gasteiger partial charge in [0.1, 0.15) is 16.7 Å². The van der Waals surface area contributed by atoms with Crippen molar-refractivity contribution in [2.24, 2.45) is 10.9 Å². The van der Waals surface area contributed by atoms with E-state index < -0.39 is 16.9 Å². The number of ether oxygens (including phenoxy) is 2. The van der Waals surface area contributed by atoms with Gasteiger partial charge in [-0.3, -0.25) is 0 Å². The van der Waals surface area contributed by atoms with Crippen LogP contribution in [0.2, 0.25) is 0 Å². The maximum Gasteiger partial charge on any atom is 0.337 e. The highest BCUT2D eigenvalue weighted by molar-refractivity contribution is 8.29. The molecular formula is C24H31N3O5S. The number of fused-ring (bicyclic) bond motifs is 1. The van der Waals surface area contributed by atoms with Crippen LogP contribution in [0.5, 0.6) is 11.5 Å². The van der Waals surface area contributed by atoms with E-state index in [-0.39, 0.29) is 12.2 Å². The van der Waals surface area contributed by atoms with E-state index in [1.54, 1.807) is 20.3 Å². The van der Waals surface area contributed by atoms with E-state index in [9.17, 15) is 15.0 Å². The molecule has 2 aliphatic rings. The standard InChI is InChI=1S/C24H31N3O5S/c1-31-17-5-4-16(21(10-17)32-2)13-25-19-12-22-20(11-18(19)23(29)30)26-24(33(22)3)27-8-6-15(14-28)7-9-27/h4-5,10-12,15,25,28,33H,6-9,13-14H2,1-3H3,(H,29,30). The van der Waals surface area contributed by atoms with Crippen LogP contribution in [-0.4, -0.2) is 66.4 Å². The number of rotatable bonds is 7. The molecule has 8 nitrogen and oxygen atoms in total. The van der Waals surface area contributed by atoms with Gasteiger partial charge in [0.15, 0.2) is 0 Å². The van der Waals surface area contributed by atoms with Gasteiger partial charge >= 0.3 is 5.97 Å². The summed E-state index contributed by atoms with van der Waals surface area (Å²) < 4.78 is 10.7. The van der Waals surface area contributed by atoms with Crippen molar-refractivity contribution in [3.05, 3.63) is 41.5 Å². The van der Waals surface area contributed by atoms with Gasteiger partial charge in [0.25, 0.3) is 0 Å². The highest BCUT2D eigenvalue weighted by Gasteiger charge is 2.30. The summed E-state index contributed by atoms with van der Waals surface area (Å²) in [5.41, 5.74) is 2.42. The van der Waals surface area contributed by atoms with Gasteiger partial charge < -0.3 is 29.9 Å². The van der Waals surface area contributed by atoms with Crippen LogP contribution in [0.3, 0.4) is 0 Å². The fourth-order valence-electron chi connectivity index (χ4n) is 4.34. The zero-order chi connectivity index (χ0) is 23.5. The first-order valence-corrected chi connectivity index (χ1v) is 12.8. The number of aliphatic hydroxyl groups excluding tert-OH is 1. The van der Waals surface area contributed by atoms with Crippen LogP contribution >= 0.6 is 10.9 Å². The molecule has 3 N–H and O–H groups in total. The summed E-state index contributed by atoms with van der Waals surface area (Å²) in [6.07, 6.45) is 4.08. The van der Waals surface area contributed by atoms with Crippen LogP contribution in [-0.2, 0) is 6.54 Å². The van der Waals surface area contributed by atoms with E-state index in [0.717, 1.165) is 47.2 Å². The predicted molar refractivity (Wildman–Crippen MR) is 132 cm³/mol. The van der Waals surface area contributed by atoms with Gasteiger partial charge in [-0.05, 0) is 49.3 Å². The quantitative estimate of drug-likeness (QED) is 0.455. The topological polar surface area (TPSA) is 104 Å². The Kier molecular flexibility index (Phi) is 6.99. The van der Waals surface area contributed by atoms with Crippen molar-refractivity contribution in [1.29, 1.82) is 0 Å². The van der Waals surface area contributed by atoms with Crippen LogP contribution in [0.25, 0.3) is 0 Å². The maximum absolute atomic E-state index is 12.0. The second kappa shape index (κ2) is 9.93. The molecule has 1 unspecified atom stereocenters. The number of piperidine rings is 1. The average Bonchev–Trinajstić information content (AvgIpc) is 3.17. The Hall–Kier alpha value is -2.91. The molecule has 2 heterocycles. The SMILES string of the molecule is COc1ccc(CNc2cc3c(cc2C(=O)O)N=C(N2CCC(CO)CC2)[SH]3C)c(OC)c1. The van der Waals surface area contributed by atoms with Gasteiger partial charge in [0, 0.05) is 42.8 Å². The fraction of sp³-hybridized carbons (Fsp3) is 0.417. The number of benzene rings is 2. The summed E-state index contributed by atoms with van der Waals surface area (Å²) in [6.45, 7) is 2.39. The number of hydrogen-bond acceptors (Lipinski definition) is 7. The van der Waals surface area contributed by atoms with Crippen LogP contribution in [0, 0.1) is 5.92 Å². The first kappa shape index (κ1) is 23.3. The zero-order valence-electron chi connectivity index (χ0n) is 19.2. The number of aromatic carboxylic acids is 1. The summed E-state index contributed by atoms with van der Waals surface area (Å²) in [5.74, 6) is 0.742. The summed E-state index contributed by atoms with van der Waals surface area (Å²) in [6, 6.07) is 9.19. The van der Waals surface area contributed by atoms with Gasteiger partial charge in [0.05, 0.1) is 31.2 Å². The van der Waals surface area contributed by atoms with E-state index in [1.807, 2.05) is 24.3 Å². The van der Waals surface area contributed by atoms with E-state index in [1.165, 1.54) is 0 Å². The number of likely N-dealkylation sites (tertiary alicyclic amines) is 1. The highest BCUT2D eigenvalue weighted by Crippen LogP contribution is 2.50. The van der Waals surface area contributed by atoms with E-state index in [2.05, 4.69) is 16.5 Å². The molecule has 4 rings (SSSR count). The van der Waals surface area contributed by atoms with E-state index >= 15 is 0 Å². The minimum atomic E-state index is -0.991. The van der Waals surface area contributed by atoms with Crippen molar-refractivity contribution >= 4 is 33.4 Å². The van der Waals surface area contributed by atoms with Crippen LogP contribution in [0.1, 0.15) is 28.8 Å². The number of anilines is 1. The molecule has 2 aliphatic heterocycles. The molecule has 2 aromatic rings. The lowest BCUT2D eigenvalue weighted by atomic mass is 9.98. The molecule has 1 atom stereocenters. The summed E-state index contributed by atoms with van der Waals surface area (Å²) in [7, 11) is 2.53. The number of nitrogens with one attached hydrogen (secondary N) is 1. The monoisotopic (exact) mass is 473 g/mol. The Labute approximate surface area is 196 Å². The zero-order valence-corrected chi connectivity index (χ0v) is 20.1. The third-order valence-electron chi connectivity index (χ3n) is 6.35. The molecule has 2 aromatic carbocycles. The first-order chi connectivity index (χ1) is 15.9. The normalized spacial score (nSPS) is 19.1. The molecule has 0 amide bonds. The molecule has 0 spiro atoms. The third-order valence-corrected chi connectivity index (χ3v) is 8.41. The van der Waals surface area contributed by atoms with Gasteiger partial charge in [-0.1, -0.05) is 0 Å². The van der Waals surface area contributed by atoms with Crippen molar-refractivity contribution in [3.63, 3.8) is 0 Å². The lowest BCUT2D eigenvalue weighted by molar-refractivity contribution is 0.0698. The number of carbonyl (C=O) groups is 1. The second-order valence-corrected chi connectivity index (χ2v) is 10.3. The molecule has 178 valence electrons. The number of aliphatic hydroxyl groups is 1. The Morgan fingerprint density at radius 1 is 1.21 bits per heavy atom. The molecule has 1 fully saturated rings. The van der Waals surface area contributed by atoms with E-state index in [0.29, 0.717) is 29.6 Å². The summed E-state index contributed by atoms with van der Waals surface area (Å²) in [5, 5.41) is 23.6. The predicted octanol–water partition coefficient (Wildman–Crippen LogP) is 3.71. The average molecular weight is 474 g/mol. The maximum atomic E-state index is 12.0. The lowest BCUT2D eigenvalue weighted by Gasteiger charge is -2.34. The fourth-order valence-corrected chi connectivity index (χ4v) is 6.21. The molecule has 9 heteroatoms. The van der Waals surface area contributed by atoms with Crippen LogP contribution in [0.15, 0.2) is 40.2 Å². The number of hydrogen-bond donors (Lipinski definition) is 4. The summed E-state index contributed by atoms with van der Waals surface area (Å²) >= 11 is 0. The molecule has 0 radical (unpaired) electrons. The summed E-state index contributed by atoms with van der Waals surface area (Å²) in [4.78, 5) is 20.2. The molecule has 0 aromatic heterocycles. The number of carboxylic acid groups (broad SMARTS) is 1. The van der Waals surface area contributed by atoms with Crippen LogP contribution in [0.4, 0.5) is 11.4 Å². The van der Waals surface area contributed by atoms with Gasteiger partial charge in [-0.2, -0.15) is 10.9 Å². The number of aliphatic imine (C=N–C) groups is 1. The number of nitrogens with zero attached hydrogens (tertiary/aromatic N) is 2. The largest absolute Gasteiger partial charge is 0.497 e. The molecule has 33 heavy (non-hydrogen) atoms. The van der Waals surface area contributed by atoms with Gasteiger partial charge in [-0.25, -0.2) is 9.79 Å². The third kappa shape index (κ3) is 4.74. The molecule has 1 saturated heterocycles. The molecule has 0 bridgehead atoms. The molecule has 0 saturated carbocycles. The second-order valence-electron chi connectivity index (χ2n) is 8.31. The highest BCUT2D eigenvalue weighted by atomic mass is 32.2. The number of thiol groups is 1. The minimum absolute atomic E-state index is 0.202. The van der Waals surface area contributed by atoms with Gasteiger partial charge in [-0.15, -0.1) is 0 Å². The Balaban J connectivity index is 1.56. The van der Waals surface area contributed by atoms with Crippen molar-refractivity contribution in [2.45, 2.75) is 24.3 Å². The Morgan fingerprint density at radius 2 is 1.97 bits per heavy atom. The molecular weight excluding hydrogens is 442 g/mol. The van der Waals surface area contributed by atoms with Gasteiger partial charge in [0.2, 0.25) is 0 Å². The minimum Gasteiger partial charge on any atom is -0.497 e. The Bertz CT molecular complexity index is 1070. The van der Waals surface area contributed by atoms with Crippen molar-refractivity contribution < 1.29 is 24.5 Å². The van der Waals surface area contributed by atoms with Crippen molar-refractivity contribution in [2.75, 3.05) is 45.5 Å². The number of carboxylic acids is 1. The molecule has 0 aliphatic carbocycles. The first-order valence-electron chi connectivity index (χ1n) is 11.0. The number of amidine groups is 1.